The second-order valence-corrected chi connectivity index (χ2v) is 10.8. The van der Waals surface area contributed by atoms with Crippen LogP contribution < -0.4 is 15.0 Å². The van der Waals surface area contributed by atoms with Crippen molar-refractivity contribution in [3.8, 4) is 22.6 Å². The highest BCUT2D eigenvalue weighted by Gasteiger charge is 2.24. The molecule has 0 bridgehead atoms. The zero-order valence-corrected chi connectivity index (χ0v) is 22.4. The van der Waals surface area contributed by atoms with E-state index < -0.39 is 11.6 Å². The van der Waals surface area contributed by atoms with Crippen molar-refractivity contribution in [1.82, 2.24) is 9.47 Å². The second kappa shape index (κ2) is 11.1. The molecule has 2 aromatic heterocycles. The Morgan fingerprint density at radius 3 is 2.61 bits per heavy atom. The maximum absolute atomic E-state index is 14.5. The topological polar surface area (TPSA) is 72.8 Å². The van der Waals surface area contributed by atoms with Gasteiger partial charge in [0.2, 0.25) is 0 Å². The molecule has 5 rings (SSSR count). The van der Waals surface area contributed by atoms with Crippen molar-refractivity contribution in [1.29, 1.82) is 0 Å². The minimum atomic E-state index is -0.834. The van der Waals surface area contributed by atoms with Crippen LogP contribution in [0.25, 0.3) is 21.2 Å². The summed E-state index contributed by atoms with van der Waals surface area (Å²) in [6.07, 6.45) is 1.68. The first-order valence-corrected chi connectivity index (χ1v) is 13.8. The Morgan fingerprint density at radius 1 is 1.11 bits per heavy atom. The summed E-state index contributed by atoms with van der Waals surface area (Å²) in [5.74, 6) is -0.677. The SMILES string of the molecule is CCSNc1ccc(Oc2ccc(F)cc2F)c(-c2cn(C)c(=O)c3cc(C(=O)N4CCOCC4)sc23)c1. The number of rotatable bonds is 7. The van der Waals surface area contributed by atoms with Gasteiger partial charge in [-0.15, -0.1) is 11.3 Å². The van der Waals surface area contributed by atoms with E-state index >= 15 is 0 Å². The van der Waals surface area contributed by atoms with Gasteiger partial charge in [-0.3, -0.25) is 9.59 Å². The number of carbonyl (C=O) groups excluding carboxylic acids is 1. The number of aromatic nitrogens is 1. The summed E-state index contributed by atoms with van der Waals surface area (Å²) in [5, 5.41) is 0.409. The van der Waals surface area contributed by atoms with E-state index in [0.717, 1.165) is 23.6 Å². The summed E-state index contributed by atoms with van der Waals surface area (Å²) in [6, 6.07) is 10.1. The van der Waals surface area contributed by atoms with Crippen molar-refractivity contribution in [2.75, 3.05) is 36.8 Å². The van der Waals surface area contributed by atoms with Crippen LogP contribution in [0, 0.1) is 11.6 Å². The van der Waals surface area contributed by atoms with Crippen molar-refractivity contribution >= 4 is 45.0 Å². The molecule has 198 valence electrons. The Hall–Kier alpha value is -3.41. The van der Waals surface area contributed by atoms with E-state index in [1.807, 2.05) is 13.0 Å². The lowest BCUT2D eigenvalue weighted by molar-refractivity contribution is 0.0306. The van der Waals surface area contributed by atoms with Crippen molar-refractivity contribution in [2.45, 2.75) is 6.92 Å². The third-order valence-corrected chi connectivity index (χ3v) is 7.90. The van der Waals surface area contributed by atoms with Crippen LogP contribution in [0.4, 0.5) is 14.5 Å². The number of nitrogens with zero attached hydrogens (tertiary/aromatic N) is 2. The fourth-order valence-corrected chi connectivity index (χ4v) is 5.78. The zero-order valence-electron chi connectivity index (χ0n) is 20.8. The molecule has 38 heavy (non-hydrogen) atoms. The predicted octanol–water partition coefficient (Wildman–Crippen LogP) is 5.89. The van der Waals surface area contributed by atoms with Crippen LogP contribution in [0.3, 0.4) is 0 Å². The first-order chi connectivity index (χ1) is 18.4. The van der Waals surface area contributed by atoms with E-state index in [-0.39, 0.29) is 17.2 Å². The number of ether oxygens (including phenoxy) is 2. The molecular weight excluding hydrogens is 532 g/mol. The zero-order chi connectivity index (χ0) is 26.8. The van der Waals surface area contributed by atoms with Gasteiger partial charge in [-0.2, -0.15) is 0 Å². The lowest BCUT2D eigenvalue weighted by Crippen LogP contribution is -2.40. The van der Waals surface area contributed by atoms with Gasteiger partial charge in [0, 0.05) is 55.0 Å². The number of carbonyl (C=O) groups is 1. The van der Waals surface area contributed by atoms with Gasteiger partial charge in [-0.05, 0) is 36.4 Å². The largest absolute Gasteiger partial charge is 0.454 e. The molecule has 1 N–H and O–H groups in total. The van der Waals surface area contributed by atoms with Crippen LogP contribution in [0.15, 0.2) is 53.5 Å². The van der Waals surface area contributed by atoms with Crippen LogP contribution >= 0.6 is 23.3 Å². The molecule has 1 amide bonds. The second-order valence-electron chi connectivity index (χ2n) is 8.64. The summed E-state index contributed by atoms with van der Waals surface area (Å²) in [7, 11) is 1.64. The number of fused-ring (bicyclic) bond motifs is 1. The van der Waals surface area contributed by atoms with Crippen molar-refractivity contribution in [2.24, 2.45) is 7.05 Å². The molecular formula is C27H25F2N3O4S2. The number of thiophene rings is 1. The molecule has 11 heteroatoms. The van der Waals surface area contributed by atoms with Gasteiger partial charge in [-0.25, -0.2) is 8.78 Å². The van der Waals surface area contributed by atoms with Crippen LogP contribution in [0.1, 0.15) is 16.6 Å². The molecule has 0 spiro atoms. The third-order valence-electron chi connectivity index (χ3n) is 6.08. The van der Waals surface area contributed by atoms with Crippen molar-refractivity contribution in [3.63, 3.8) is 0 Å². The highest BCUT2D eigenvalue weighted by molar-refractivity contribution is 8.00. The quantitative estimate of drug-likeness (QED) is 0.286. The van der Waals surface area contributed by atoms with Gasteiger partial charge in [0.05, 0.1) is 28.2 Å². The molecule has 1 aliphatic rings. The third kappa shape index (κ3) is 5.27. The lowest BCUT2D eigenvalue weighted by atomic mass is 10.0. The van der Waals surface area contributed by atoms with Crippen LogP contribution in [0.5, 0.6) is 11.5 Å². The molecule has 2 aromatic carbocycles. The van der Waals surface area contributed by atoms with Gasteiger partial charge in [-0.1, -0.05) is 18.9 Å². The smallest absolute Gasteiger partial charge is 0.264 e. The number of amides is 1. The van der Waals surface area contributed by atoms with Gasteiger partial charge in [0.1, 0.15) is 11.6 Å². The number of anilines is 1. The maximum Gasteiger partial charge on any atom is 0.264 e. The Bertz CT molecular complexity index is 1560. The van der Waals surface area contributed by atoms with Crippen LogP contribution in [0.2, 0.25) is 0 Å². The lowest BCUT2D eigenvalue weighted by Gasteiger charge is -2.26. The van der Waals surface area contributed by atoms with Crippen molar-refractivity contribution < 1.29 is 23.0 Å². The summed E-state index contributed by atoms with van der Waals surface area (Å²) in [4.78, 5) is 28.5. The highest BCUT2D eigenvalue weighted by atomic mass is 32.2. The van der Waals surface area contributed by atoms with E-state index in [0.29, 0.717) is 58.1 Å². The molecule has 0 aliphatic carbocycles. The van der Waals surface area contributed by atoms with E-state index in [4.69, 9.17) is 9.47 Å². The van der Waals surface area contributed by atoms with Gasteiger partial charge in [0.25, 0.3) is 11.5 Å². The maximum atomic E-state index is 14.5. The molecule has 7 nitrogen and oxygen atoms in total. The first kappa shape index (κ1) is 26.2. The molecule has 0 atom stereocenters. The fraction of sp³-hybridized carbons (Fsp3) is 0.259. The molecule has 0 radical (unpaired) electrons. The Labute approximate surface area is 226 Å². The first-order valence-electron chi connectivity index (χ1n) is 12.0. The average molecular weight is 558 g/mol. The van der Waals surface area contributed by atoms with Crippen LogP contribution in [-0.2, 0) is 11.8 Å². The average Bonchev–Trinajstić information content (AvgIpc) is 3.37. The van der Waals surface area contributed by atoms with E-state index in [1.165, 1.54) is 33.9 Å². The summed E-state index contributed by atoms with van der Waals surface area (Å²) < 4.78 is 44.6. The summed E-state index contributed by atoms with van der Waals surface area (Å²) in [6.45, 7) is 3.94. The number of morpholine rings is 1. The Kier molecular flexibility index (Phi) is 7.68. The standard InChI is InChI=1S/C27H25F2N3O4S2/c1-3-37-30-17-5-7-22(36-23-6-4-16(28)12-21(23)29)18(13-17)20-15-31(2)26(33)19-14-24(38-25(19)20)27(34)32-8-10-35-11-9-32/h4-7,12-15,30H,3,8-11H2,1-2H3. The number of benzene rings is 2. The highest BCUT2D eigenvalue weighted by Crippen LogP contribution is 2.41. The minimum Gasteiger partial charge on any atom is -0.454 e. The number of hydrogen-bond acceptors (Lipinski definition) is 7. The summed E-state index contributed by atoms with van der Waals surface area (Å²) >= 11 is 2.74. The normalized spacial score (nSPS) is 13.6. The Balaban J connectivity index is 1.65. The fourth-order valence-electron chi connectivity index (χ4n) is 4.20. The number of hydrogen-bond donors (Lipinski definition) is 1. The molecule has 1 aliphatic heterocycles. The van der Waals surface area contributed by atoms with Gasteiger partial charge < -0.3 is 23.7 Å². The van der Waals surface area contributed by atoms with Gasteiger partial charge in [0.15, 0.2) is 11.6 Å². The van der Waals surface area contributed by atoms with Gasteiger partial charge >= 0.3 is 0 Å². The predicted molar refractivity (Wildman–Crippen MR) is 147 cm³/mol. The van der Waals surface area contributed by atoms with Crippen LogP contribution in [-0.4, -0.2) is 47.4 Å². The van der Waals surface area contributed by atoms with E-state index in [2.05, 4.69) is 4.72 Å². The minimum absolute atomic E-state index is 0.133. The molecule has 0 unspecified atom stereocenters. The number of aryl methyl sites for hydroxylation is 1. The number of halogens is 2. The van der Waals surface area contributed by atoms with E-state index in [1.54, 1.807) is 36.3 Å². The molecule has 4 aromatic rings. The molecule has 3 heterocycles. The Morgan fingerprint density at radius 2 is 1.87 bits per heavy atom. The van der Waals surface area contributed by atoms with E-state index in [9.17, 15) is 18.4 Å². The molecule has 1 saturated heterocycles. The number of nitrogens with one attached hydrogen (secondary N) is 1. The molecule has 0 saturated carbocycles. The molecule has 1 fully saturated rings. The van der Waals surface area contributed by atoms with Crippen molar-refractivity contribution in [3.05, 3.63) is 75.5 Å². The summed E-state index contributed by atoms with van der Waals surface area (Å²) in [5.41, 5.74) is 1.78. The monoisotopic (exact) mass is 557 g/mol. The number of pyridine rings is 1.